The van der Waals surface area contributed by atoms with E-state index in [1.807, 2.05) is 67.3 Å². The number of fused-ring (bicyclic) bond motifs is 2. The standard InChI is InChI=1S/C36H45N3O4/c1-25-26(2)34(43)39(33(25)42)36(5,6)21-11-20-35(3,4)22-18-31(40)37-23-19-32(41)38-24-29-14-8-7-12-27(29)16-17-28-13-9-10-15-30(28)38/h7-10,12-17H,11,18-24H2,1-6H3,(H,37,40)/b17-16-. The quantitative estimate of drug-likeness (QED) is 0.299. The van der Waals surface area contributed by atoms with Crippen LogP contribution in [-0.4, -0.2) is 40.6 Å². The summed E-state index contributed by atoms with van der Waals surface area (Å²) < 4.78 is 0. The van der Waals surface area contributed by atoms with Gasteiger partial charge in [0.2, 0.25) is 11.8 Å². The van der Waals surface area contributed by atoms with Crippen molar-refractivity contribution in [1.82, 2.24) is 10.2 Å². The number of anilines is 1. The molecule has 0 unspecified atom stereocenters. The molecule has 0 saturated carbocycles. The minimum Gasteiger partial charge on any atom is -0.356 e. The molecule has 0 bridgehead atoms. The average molecular weight is 584 g/mol. The normalized spacial score (nSPS) is 16.0. The molecule has 0 radical (unpaired) electrons. The minimum absolute atomic E-state index is 0.0312. The second kappa shape index (κ2) is 13.1. The Morgan fingerprint density at radius 1 is 0.791 bits per heavy atom. The van der Waals surface area contributed by atoms with Gasteiger partial charge in [-0.1, -0.05) is 74.9 Å². The van der Waals surface area contributed by atoms with Gasteiger partial charge in [-0.05, 0) is 75.1 Å². The van der Waals surface area contributed by atoms with Crippen LogP contribution < -0.4 is 10.2 Å². The van der Waals surface area contributed by atoms with Crippen molar-refractivity contribution in [2.45, 2.75) is 92.2 Å². The van der Waals surface area contributed by atoms with Gasteiger partial charge in [-0.25, -0.2) is 0 Å². The fourth-order valence-electron chi connectivity index (χ4n) is 5.89. The maximum Gasteiger partial charge on any atom is 0.257 e. The Labute approximate surface area is 256 Å². The van der Waals surface area contributed by atoms with Crippen LogP contribution in [-0.2, 0) is 25.7 Å². The first-order valence-electron chi connectivity index (χ1n) is 15.3. The lowest BCUT2D eigenvalue weighted by molar-refractivity contribution is -0.144. The third kappa shape index (κ3) is 7.51. The van der Waals surface area contributed by atoms with E-state index in [0.29, 0.717) is 37.0 Å². The zero-order valence-electron chi connectivity index (χ0n) is 26.5. The molecule has 7 nitrogen and oxygen atoms in total. The monoisotopic (exact) mass is 583 g/mol. The molecule has 0 spiro atoms. The molecule has 2 aliphatic heterocycles. The van der Waals surface area contributed by atoms with E-state index in [2.05, 4.69) is 31.3 Å². The Morgan fingerprint density at radius 2 is 1.40 bits per heavy atom. The number of nitrogens with one attached hydrogen (secondary N) is 1. The van der Waals surface area contributed by atoms with Crippen molar-refractivity contribution < 1.29 is 19.2 Å². The molecule has 43 heavy (non-hydrogen) atoms. The van der Waals surface area contributed by atoms with Gasteiger partial charge < -0.3 is 10.2 Å². The number of imide groups is 1. The van der Waals surface area contributed by atoms with E-state index >= 15 is 0 Å². The van der Waals surface area contributed by atoms with Gasteiger partial charge in [-0.2, -0.15) is 0 Å². The van der Waals surface area contributed by atoms with Crippen molar-refractivity contribution in [3.63, 3.8) is 0 Å². The maximum atomic E-state index is 13.4. The zero-order valence-corrected chi connectivity index (χ0v) is 26.5. The molecule has 0 fully saturated rings. The molecule has 4 amide bonds. The summed E-state index contributed by atoms with van der Waals surface area (Å²) in [7, 11) is 0. The largest absolute Gasteiger partial charge is 0.356 e. The number of carbonyl (C=O) groups is 4. The molecular formula is C36H45N3O4. The van der Waals surface area contributed by atoms with Crippen molar-refractivity contribution in [2.75, 3.05) is 11.4 Å². The van der Waals surface area contributed by atoms with Crippen LogP contribution in [0.1, 0.15) is 96.8 Å². The molecule has 2 heterocycles. The number of hydrogen-bond acceptors (Lipinski definition) is 4. The highest BCUT2D eigenvalue weighted by molar-refractivity contribution is 6.19. The number of benzene rings is 2. The van der Waals surface area contributed by atoms with Crippen LogP contribution in [0.2, 0.25) is 0 Å². The van der Waals surface area contributed by atoms with E-state index in [0.717, 1.165) is 35.2 Å². The highest BCUT2D eigenvalue weighted by Gasteiger charge is 2.42. The van der Waals surface area contributed by atoms with Gasteiger partial charge in [0.25, 0.3) is 11.8 Å². The molecule has 228 valence electrons. The summed E-state index contributed by atoms with van der Waals surface area (Å²) >= 11 is 0. The molecule has 2 aromatic carbocycles. The van der Waals surface area contributed by atoms with E-state index in [9.17, 15) is 19.2 Å². The van der Waals surface area contributed by atoms with Gasteiger partial charge >= 0.3 is 0 Å². The van der Waals surface area contributed by atoms with Gasteiger partial charge in [0.05, 0.1) is 12.2 Å². The molecule has 2 aromatic rings. The van der Waals surface area contributed by atoms with Gasteiger partial charge in [0, 0.05) is 36.1 Å². The summed E-state index contributed by atoms with van der Waals surface area (Å²) in [5, 5.41) is 2.95. The van der Waals surface area contributed by atoms with Crippen LogP contribution in [0, 0.1) is 5.41 Å². The molecule has 4 rings (SSSR count). The molecule has 7 heteroatoms. The van der Waals surface area contributed by atoms with Crippen molar-refractivity contribution in [2.24, 2.45) is 5.41 Å². The molecular weight excluding hydrogens is 538 g/mol. The van der Waals surface area contributed by atoms with Crippen LogP contribution in [0.5, 0.6) is 0 Å². The fourth-order valence-corrected chi connectivity index (χ4v) is 5.89. The Kier molecular flexibility index (Phi) is 9.73. The van der Waals surface area contributed by atoms with Crippen LogP contribution in [0.3, 0.4) is 0 Å². The Bertz CT molecular complexity index is 1440. The van der Waals surface area contributed by atoms with Crippen LogP contribution in [0.4, 0.5) is 5.69 Å². The fraction of sp³-hybridized carbons (Fsp3) is 0.444. The lowest BCUT2D eigenvalue weighted by atomic mass is 9.80. The van der Waals surface area contributed by atoms with Crippen molar-refractivity contribution in [3.8, 4) is 0 Å². The Morgan fingerprint density at radius 3 is 2.09 bits per heavy atom. The van der Waals surface area contributed by atoms with Gasteiger partial charge in [-0.15, -0.1) is 0 Å². The van der Waals surface area contributed by atoms with E-state index < -0.39 is 5.54 Å². The molecule has 1 N–H and O–H groups in total. The lowest BCUT2D eigenvalue weighted by Gasteiger charge is -2.35. The lowest BCUT2D eigenvalue weighted by Crippen LogP contribution is -2.48. The SMILES string of the molecule is CC1=C(C)C(=O)N(C(C)(C)CCCC(C)(C)CCC(=O)NCCC(=O)N2Cc3ccccc3/C=C\c3ccccc32)C1=O. The first-order chi connectivity index (χ1) is 20.3. The predicted octanol–water partition coefficient (Wildman–Crippen LogP) is 6.67. The third-order valence-electron chi connectivity index (χ3n) is 8.90. The van der Waals surface area contributed by atoms with Gasteiger partial charge in [0.15, 0.2) is 0 Å². The van der Waals surface area contributed by atoms with Crippen LogP contribution in [0.25, 0.3) is 12.2 Å². The molecule has 2 aliphatic rings. The number of para-hydroxylation sites is 1. The van der Waals surface area contributed by atoms with E-state index in [4.69, 9.17) is 0 Å². The Hall–Kier alpha value is -4.00. The molecule has 0 saturated heterocycles. The maximum absolute atomic E-state index is 13.4. The minimum atomic E-state index is -0.571. The van der Waals surface area contributed by atoms with Gasteiger partial charge in [-0.3, -0.25) is 24.1 Å². The smallest absolute Gasteiger partial charge is 0.257 e. The molecule has 0 aliphatic carbocycles. The zero-order chi connectivity index (χ0) is 31.4. The van der Waals surface area contributed by atoms with E-state index in [1.165, 1.54) is 4.90 Å². The van der Waals surface area contributed by atoms with E-state index in [1.54, 1.807) is 13.8 Å². The number of amides is 4. The van der Waals surface area contributed by atoms with Crippen molar-refractivity contribution >= 4 is 41.5 Å². The first kappa shape index (κ1) is 31.9. The van der Waals surface area contributed by atoms with E-state index in [-0.39, 0.29) is 42.0 Å². The van der Waals surface area contributed by atoms with Crippen LogP contribution in [0.15, 0.2) is 59.7 Å². The summed E-state index contributed by atoms with van der Waals surface area (Å²) in [5.74, 6) is -0.484. The molecule has 0 aromatic heterocycles. The Balaban J connectivity index is 1.24. The number of carbonyl (C=O) groups excluding carboxylic acids is 4. The summed E-state index contributed by atoms with van der Waals surface area (Å²) in [6.07, 6.45) is 7.83. The summed E-state index contributed by atoms with van der Waals surface area (Å²) in [6, 6.07) is 16.0. The third-order valence-corrected chi connectivity index (χ3v) is 8.90. The van der Waals surface area contributed by atoms with Crippen molar-refractivity contribution in [3.05, 3.63) is 76.4 Å². The highest BCUT2D eigenvalue weighted by atomic mass is 16.2. The average Bonchev–Trinajstić information content (AvgIpc) is 3.15. The second-order valence-electron chi connectivity index (χ2n) is 13.2. The number of rotatable bonds is 11. The number of hydrogen-bond donors (Lipinski definition) is 1. The summed E-state index contributed by atoms with van der Waals surface area (Å²) in [4.78, 5) is 54.6. The first-order valence-corrected chi connectivity index (χ1v) is 15.3. The summed E-state index contributed by atoms with van der Waals surface area (Å²) in [5.41, 5.74) is 4.43. The topological polar surface area (TPSA) is 86.8 Å². The van der Waals surface area contributed by atoms with Gasteiger partial charge in [0.1, 0.15) is 0 Å². The highest BCUT2D eigenvalue weighted by Crippen LogP contribution is 2.35. The second-order valence-corrected chi connectivity index (χ2v) is 13.2. The predicted molar refractivity (Wildman–Crippen MR) is 172 cm³/mol. The van der Waals surface area contributed by atoms with Crippen molar-refractivity contribution in [1.29, 1.82) is 0 Å². The van der Waals surface area contributed by atoms with Crippen LogP contribution >= 0.6 is 0 Å². The number of nitrogens with zero attached hydrogens (tertiary/aromatic N) is 2. The summed E-state index contributed by atoms with van der Waals surface area (Å²) in [6.45, 7) is 12.4. The molecule has 0 atom stereocenters.